The van der Waals surface area contributed by atoms with Crippen LogP contribution in [0.1, 0.15) is 18.4 Å². The molecule has 94 valence electrons. The SMILES string of the molecule is CN(CC1CC1)S(=O)(=O)Cc1ccc(N)cc1. The van der Waals surface area contributed by atoms with E-state index >= 15 is 0 Å². The Balaban J connectivity index is 2.02. The van der Waals surface area contributed by atoms with E-state index in [9.17, 15) is 8.42 Å². The zero-order chi connectivity index (χ0) is 12.5. The highest BCUT2D eigenvalue weighted by atomic mass is 32.2. The highest BCUT2D eigenvalue weighted by Gasteiger charge is 2.28. The maximum absolute atomic E-state index is 12.0. The average molecular weight is 254 g/mol. The van der Waals surface area contributed by atoms with E-state index in [4.69, 9.17) is 5.73 Å². The summed E-state index contributed by atoms with van der Waals surface area (Å²) in [5.74, 6) is 0.623. The molecule has 2 N–H and O–H groups in total. The lowest BCUT2D eigenvalue weighted by atomic mass is 10.2. The monoisotopic (exact) mass is 254 g/mol. The van der Waals surface area contributed by atoms with Gasteiger partial charge in [0.15, 0.2) is 0 Å². The van der Waals surface area contributed by atoms with E-state index in [1.807, 2.05) is 0 Å². The predicted molar refractivity (Wildman–Crippen MR) is 68.8 cm³/mol. The molecule has 0 aromatic heterocycles. The third-order valence-electron chi connectivity index (χ3n) is 3.02. The molecule has 0 bridgehead atoms. The molecule has 1 aliphatic rings. The van der Waals surface area contributed by atoms with Gasteiger partial charge in [0.1, 0.15) is 0 Å². The van der Waals surface area contributed by atoms with Gasteiger partial charge in [-0.2, -0.15) is 0 Å². The topological polar surface area (TPSA) is 63.4 Å². The Labute approximate surface area is 102 Å². The van der Waals surface area contributed by atoms with Gasteiger partial charge in [0.05, 0.1) is 5.75 Å². The Hall–Kier alpha value is -1.07. The fourth-order valence-electron chi connectivity index (χ4n) is 1.71. The molecule has 5 heteroatoms. The second-order valence-electron chi connectivity index (χ2n) is 4.72. The van der Waals surface area contributed by atoms with Crippen molar-refractivity contribution in [3.63, 3.8) is 0 Å². The summed E-state index contributed by atoms with van der Waals surface area (Å²) < 4.78 is 25.6. The van der Waals surface area contributed by atoms with Crippen molar-refractivity contribution in [2.45, 2.75) is 18.6 Å². The number of hydrogen-bond acceptors (Lipinski definition) is 3. The van der Waals surface area contributed by atoms with Crippen molar-refractivity contribution >= 4 is 15.7 Å². The van der Waals surface area contributed by atoms with Crippen LogP contribution in [0.4, 0.5) is 5.69 Å². The summed E-state index contributed by atoms with van der Waals surface area (Å²) in [6.07, 6.45) is 2.31. The predicted octanol–water partition coefficient (Wildman–Crippen LogP) is 1.44. The summed E-state index contributed by atoms with van der Waals surface area (Å²) in [6, 6.07) is 6.98. The number of nitrogens with two attached hydrogens (primary N) is 1. The van der Waals surface area contributed by atoms with E-state index in [0.717, 1.165) is 18.4 Å². The lowest BCUT2D eigenvalue weighted by Gasteiger charge is -2.16. The zero-order valence-electron chi connectivity index (χ0n) is 9.96. The van der Waals surface area contributed by atoms with E-state index in [-0.39, 0.29) is 5.75 Å². The molecule has 1 fully saturated rings. The van der Waals surface area contributed by atoms with Crippen LogP contribution < -0.4 is 5.73 Å². The molecular formula is C12H18N2O2S. The van der Waals surface area contributed by atoms with Crippen molar-refractivity contribution in [1.29, 1.82) is 0 Å². The Kier molecular flexibility index (Phi) is 3.40. The number of sulfonamides is 1. The van der Waals surface area contributed by atoms with Gasteiger partial charge in [-0.25, -0.2) is 12.7 Å². The van der Waals surface area contributed by atoms with E-state index in [2.05, 4.69) is 0 Å². The van der Waals surface area contributed by atoms with E-state index < -0.39 is 10.0 Å². The molecular weight excluding hydrogens is 236 g/mol. The van der Waals surface area contributed by atoms with Gasteiger partial charge in [-0.3, -0.25) is 0 Å². The number of nitrogens with zero attached hydrogens (tertiary/aromatic N) is 1. The minimum Gasteiger partial charge on any atom is -0.399 e. The minimum atomic E-state index is -3.19. The van der Waals surface area contributed by atoms with Gasteiger partial charge in [0.25, 0.3) is 0 Å². The van der Waals surface area contributed by atoms with Crippen molar-refractivity contribution in [3.05, 3.63) is 29.8 Å². The normalized spacial score (nSPS) is 16.4. The van der Waals surface area contributed by atoms with E-state index in [1.165, 1.54) is 4.31 Å². The summed E-state index contributed by atoms with van der Waals surface area (Å²) in [7, 11) is -1.53. The number of anilines is 1. The van der Waals surface area contributed by atoms with Crippen LogP contribution in [0.5, 0.6) is 0 Å². The number of benzene rings is 1. The third-order valence-corrected chi connectivity index (χ3v) is 4.81. The molecule has 1 aromatic carbocycles. The summed E-state index contributed by atoms with van der Waals surface area (Å²) >= 11 is 0. The van der Waals surface area contributed by atoms with Gasteiger partial charge in [0, 0.05) is 19.3 Å². The molecule has 0 atom stereocenters. The molecule has 0 amide bonds. The summed E-state index contributed by atoms with van der Waals surface area (Å²) in [4.78, 5) is 0. The van der Waals surface area contributed by atoms with Crippen molar-refractivity contribution in [2.24, 2.45) is 5.92 Å². The Morgan fingerprint density at radius 1 is 1.29 bits per heavy atom. The van der Waals surface area contributed by atoms with Gasteiger partial charge in [-0.1, -0.05) is 12.1 Å². The first kappa shape index (κ1) is 12.4. The fraction of sp³-hybridized carbons (Fsp3) is 0.500. The van der Waals surface area contributed by atoms with Gasteiger partial charge in [-0.05, 0) is 36.5 Å². The van der Waals surface area contributed by atoms with Crippen LogP contribution in [-0.2, 0) is 15.8 Å². The van der Waals surface area contributed by atoms with Crippen molar-refractivity contribution in [2.75, 3.05) is 19.3 Å². The molecule has 0 spiro atoms. The van der Waals surface area contributed by atoms with E-state index in [0.29, 0.717) is 18.2 Å². The lowest BCUT2D eigenvalue weighted by Crippen LogP contribution is -2.30. The van der Waals surface area contributed by atoms with Crippen LogP contribution in [0, 0.1) is 5.92 Å². The van der Waals surface area contributed by atoms with E-state index in [1.54, 1.807) is 31.3 Å². The second kappa shape index (κ2) is 4.66. The van der Waals surface area contributed by atoms with Gasteiger partial charge < -0.3 is 5.73 Å². The first-order valence-electron chi connectivity index (χ1n) is 5.76. The molecule has 0 radical (unpaired) electrons. The summed E-state index contributed by atoms with van der Waals surface area (Å²) in [6.45, 7) is 0.650. The average Bonchev–Trinajstić information content (AvgIpc) is 3.05. The minimum absolute atomic E-state index is 0.0521. The van der Waals surface area contributed by atoms with Crippen LogP contribution in [0.3, 0.4) is 0 Å². The van der Waals surface area contributed by atoms with Crippen LogP contribution >= 0.6 is 0 Å². The number of hydrogen-bond donors (Lipinski definition) is 1. The summed E-state index contributed by atoms with van der Waals surface area (Å²) in [5.41, 5.74) is 6.99. The van der Waals surface area contributed by atoms with Crippen molar-refractivity contribution < 1.29 is 8.42 Å². The first-order valence-corrected chi connectivity index (χ1v) is 7.37. The van der Waals surface area contributed by atoms with Crippen LogP contribution in [0.2, 0.25) is 0 Å². The van der Waals surface area contributed by atoms with Crippen LogP contribution in [0.25, 0.3) is 0 Å². The molecule has 1 aliphatic carbocycles. The molecule has 0 aliphatic heterocycles. The zero-order valence-corrected chi connectivity index (χ0v) is 10.8. The number of rotatable bonds is 5. The smallest absolute Gasteiger partial charge is 0.218 e. The Morgan fingerprint density at radius 2 is 1.88 bits per heavy atom. The summed E-state index contributed by atoms with van der Waals surface area (Å²) in [5, 5.41) is 0. The molecule has 0 saturated heterocycles. The molecule has 1 saturated carbocycles. The van der Waals surface area contributed by atoms with Crippen LogP contribution in [0.15, 0.2) is 24.3 Å². The largest absolute Gasteiger partial charge is 0.399 e. The van der Waals surface area contributed by atoms with Gasteiger partial charge >= 0.3 is 0 Å². The molecule has 0 heterocycles. The van der Waals surface area contributed by atoms with Gasteiger partial charge in [0.2, 0.25) is 10.0 Å². The Bertz CT molecular complexity index is 478. The molecule has 4 nitrogen and oxygen atoms in total. The highest BCUT2D eigenvalue weighted by molar-refractivity contribution is 7.88. The molecule has 2 rings (SSSR count). The lowest BCUT2D eigenvalue weighted by molar-refractivity contribution is 0.452. The van der Waals surface area contributed by atoms with Crippen molar-refractivity contribution in [3.8, 4) is 0 Å². The maximum Gasteiger partial charge on any atom is 0.218 e. The van der Waals surface area contributed by atoms with Crippen molar-refractivity contribution in [1.82, 2.24) is 4.31 Å². The Morgan fingerprint density at radius 3 is 2.41 bits per heavy atom. The molecule has 0 unspecified atom stereocenters. The third kappa shape index (κ3) is 3.44. The molecule has 1 aromatic rings. The highest BCUT2D eigenvalue weighted by Crippen LogP contribution is 2.30. The maximum atomic E-state index is 12.0. The second-order valence-corrected chi connectivity index (χ2v) is 6.80. The quantitative estimate of drug-likeness (QED) is 0.809. The number of nitrogen functional groups attached to an aromatic ring is 1. The fourth-order valence-corrected chi connectivity index (χ4v) is 2.98. The molecule has 17 heavy (non-hydrogen) atoms. The standard InChI is InChI=1S/C12H18N2O2S/c1-14(8-10-2-3-10)17(15,16)9-11-4-6-12(13)7-5-11/h4-7,10H,2-3,8-9,13H2,1H3. The van der Waals surface area contributed by atoms with Gasteiger partial charge in [-0.15, -0.1) is 0 Å². The first-order chi connectivity index (χ1) is 7.97. The van der Waals surface area contributed by atoms with Crippen LogP contribution in [-0.4, -0.2) is 26.3 Å².